The van der Waals surface area contributed by atoms with Crippen LogP contribution >= 0.6 is 0 Å². The predicted octanol–water partition coefficient (Wildman–Crippen LogP) is 1.66. The largest absolute Gasteiger partial charge is 0.479 e. The van der Waals surface area contributed by atoms with E-state index in [4.69, 9.17) is 5.11 Å². The second kappa shape index (κ2) is 3.90. The lowest BCUT2D eigenvalue weighted by Gasteiger charge is -2.07. The minimum Gasteiger partial charge on any atom is -0.479 e. The average molecular weight is 217 g/mol. The summed E-state index contributed by atoms with van der Waals surface area (Å²) >= 11 is 0. The van der Waals surface area contributed by atoms with Gasteiger partial charge in [0.25, 0.3) is 0 Å². The first-order chi connectivity index (χ1) is 7.58. The highest BCUT2D eigenvalue weighted by molar-refractivity contribution is 5.84. The van der Waals surface area contributed by atoms with Crippen LogP contribution in [-0.4, -0.2) is 21.2 Å². The van der Waals surface area contributed by atoms with Crippen molar-refractivity contribution in [1.29, 1.82) is 0 Å². The van der Waals surface area contributed by atoms with Crippen LogP contribution in [0.3, 0.4) is 0 Å². The van der Waals surface area contributed by atoms with Crippen LogP contribution in [0.5, 0.6) is 0 Å². The fourth-order valence-electron chi connectivity index (χ4n) is 1.58. The van der Waals surface area contributed by atoms with Gasteiger partial charge in [-0.15, -0.1) is 0 Å². The van der Waals surface area contributed by atoms with Crippen molar-refractivity contribution in [3.63, 3.8) is 0 Å². The molecule has 82 valence electrons. The van der Waals surface area contributed by atoms with E-state index < -0.39 is 12.1 Å². The van der Waals surface area contributed by atoms with E-state index in [0.717, 1.165) is 16.5 Å². The number of carboxylic acid groups (broad SMARTS) is 1. The van der Waals surface area contributed by atoms with Gasteiger partial charge in [0, 0.05) is 17.3 Å². The van der Waals surface area contributed by atoms with E-state index in [2.05, 4.69) is 4.98 Å². The molecule has 2 aromatic rings. The summed E-state index contributed by atoms with van der Waals surface area (Å²) in [4.78, 5) is 14.7. The van der Waals surface area contributed by atoms with Crippen molar-refractivity contribution in [3.05, 3.63) is 41.7 Å². The van der Waals surface area contributed by atoms with E-state index in [9.17, 15) is 9.90 Å². The van der Waals surface area contributed by atoms with Crippen molar-refractivity contribution in [2.45, 2.75) is 13.0 Å². The molecule has 0 saturated carbocycles. The quantitative estimate of drug-likeness (QED) is 0.802. The highest BCUT2D eigenvalue weighted by Crippen LogP contribution is 2.20. The molecule has 1 aromatic heterocycles. The van der Waals surface area contributed by atoms with Gasteiger partial charge in [-0.25, -0.2) is 4.79 Å². The Morgan fingerprint density at radius 1 is 1.31 bits per heavy atom. The molecule has 0 amide bonds. The molecule has 0 fully saturated rings. The maximum atomic E-state index is 10.6. The highest BCUT2D eigenvalue weighted by atomic mass is 16.4. The zero-order chi connectivity index (χ0) is 11.7. The molecular formula is C12H11NO3. The Bertz CT molecular complexity index is 551. The molecule has 0 bridgehead atoms. The molecule has 4 heteroatoms. The normalized spacial score (nSPS) is 12.6. The minimum atomic E-state index is -1.48. The second-order valence-electron chi connectivity index (χ2n) is 3.67. The Balaban J connectivity index is 2.52. The van der Waals surface area contributed by atoms with Crippen LogP contribution in [0.1, 0.15) is 17.4 Å². The number of benzene rings is 1. The van der Waals surface area contributed by atoms with Crippen LogP contribution in [0.25, 0.3) is 10.8 Å². The van der Waals surface area contributed by atoms with E-state index >= 15 is 0 Å². The molecule has 1 unspecified atom stereocenters. The lowest BCUT2D eigenvalue weighted by molar-refractivity contribution is -0.146. The third-order valence-corrected chi connectivity index (χ3v) is 2.43. The summed E-state index contributed by atoms with van der Waals surface area (Å²) in [5, 5.41) is 19.9. The summed E-state index contributed by atoms with van der Waals surface area (Å²) in [6, 6.07) is 6.94. The van der Waals surface area contributed by atoms with Crippen molar-refractivity contribution >= 4 is 16.7 Å². The third kappa shape index (κ3) is 1.87. The fraction of sp³-hybridized carbons (Fsp3) is 0.167. The average Bonchev–Trinajstić information content (AvgIpc) is 2.27. The number of fused-ring (bicyclic) bond motifs is 1. The molecule has 0 aliphatic heterocycles. The highest BCUT2D eigenvalue weighted by Gasteiger charge is 2.15. The van der Waals surface area contributed by atoms with Crippen molar-refractivity contribution in [3.8, 4) is 0 Å². The number of hydrogen-bond donors (Lipinski definition) is 2. The first-order valence-corrected chi connectivity index (χ1v) is 4.85. The lowest BCUT2D eigenvalue weighted by atomic mass is 10.0. The van der Waals surface area contributed by atoms with Crippen LogP contribution in [0.4, 0.5) is 0 Å². The van der Waals surface area contributed by atoms with Crippen LogP contribution in [-0.2, 0) is 4.79 Å². The maximum Gasteiger partial charge on any atom is 0.337 e. The van der Waals surface area contributed by atoms with Gasteiger partial charge in [0.1, 0.15) is 0 Å². The predicted molar refractivity (Wildman–Crippen MR) is 59.1 cm³/mol. The Morgan fingerprint density at radius 2 is 2.06 bits per heavy atom. The SMILES string of the molecule is Cc1cc2ccc(C(O)C(=O)O)cc2cn1. The van der Waals surface area contributed by atoms with E-state index in [0.29, 0.717) is 5.56 Å². The molecule has 2 N–H and O–H groups in total. The smallest absolute Gasteiger partial charge is 0.337 e. The molecule has 0 spiro atoms. The van der Waals surface area contributed by atoms with E-state index in [1.165, 1.54) is 0 Å². The summed E-state index contributed by atoms with van der Waals surface area (Å²) in [5.41, 5.74) is 1.27. The van der Waals surface area contributed by atoms with Gasteiger partial charge in [0.05, 0.1) is 0 Å². The fourth-order valence-corrected chi connectivity index (χ4v) is 1.58. The number of nitrogens with zero attached hydrogens (tertiary/aromatic N) is 1. The summed E-state index contributed by atoms with van der Waals surface area (Å²) in [6.07, 6.45) is 0.189. The molecule has 1 aromatic carbocycles. The van der Waals surface area contributed by atoms with Gasteiger partial charge in [-0.05, 0) is 30.0 Å². The van der Waals surface area contributed by atoms with E-state index in [1.54, 1.807) is 24.4 Å². The van der Waals surface area contributed by atoms with Crippen molar-refractivity contribution in [1.82, 2.24) is 4.98 Å². The van der Waals surface area contributed by atoms with Gasteiger partial charge in [-0.3, -0.25) is 4.98 Å². The first kappa shape index (κ1) is 10.6. The van der Waals surface area contributed by atoms with Crippen molar-refractivity contribution < 1.29 is 15.0 Å². The molecule has 1 heterocycles. The Hall–Kier alpha value is -1.94. The molecule has 2 rings (SSSR count). The van der Waals surface area contributed by atoms with Gasteiger partial charge < -0.3 is 10.2 Å². The number of carboxylic acids is 1. The molecule has 4 nitrogen and oxygen atoms in total. The van der Waals surface area contributed by atoms with E-state index in [-0.39, 0.29) is 0 Å². The monoisotopic (exact) mass is 217 g/mol. The summed E-state index contributed by atoms with van der Waals surface area (Å²) in [6.45, 7) is 1.89. The number of carbonyl (C=O) groups is 1. The Labute approximate surface area is 92.2 Å². The summed E-state index contributed by atoms with van der Waals surface area (Å²) in [5.74, 6) is -1.25. The molecule has 0 aliphatic carbocycles. The van der Waals surface area contributed by atoms with Crippen molar-refractivity contribution in [2.24, 2.45) is 0 Å². The lowest BCUT2D eigenvalue weighted by Crippen LogP contribution is -2.10. The zero-order valence-electron chi connectivity index (χ0n) is 8.71. The van der Waals surface area contributed by atoms with Gasteiger partial charge >= 0.3 is 5.97 Å². The van der Waals surface area contributed by atoms with Crippen LogP contribution < -0.4 is 0 Å². The molecule has 0 aliphatic rings. The molecule has 0 radical (unpaired) electrons. The minimum absolute atomic E-state index is 0.366. The number of hydrogen-bond acceptors (Lipinski definition) is 3. The number of pyridine rings is 1. The van der Waals surface area contributed by atoms with Gasteiger partial charge in [0.15, 0.2) is 6.10 Å². The number of aliphatic hydroxyl groups excluding tert-OH is 1. The number of aryl methyl sites for hydroxylation is 1. The first-order valence-electron chi connectivity index (χ1n) is 4.85. The topological polar surface area (TPSA) is 70.4 Å². The molecule has 16 heavy (non-hydrogen) atoms. The third-order valence-electron chi connectivity index (χ3n) is 2.43. The second-order valence-corrected chi connectivity index (χ2v) is 3.67. The van der Waals surface area contributed by atoms with Crippen LogP contribution in [0.2, 0.25) is 0 Å². The number of rotatable bonds is 2. The van der Waals surface area contributed by atoms with Crippen LogP contribution in [0, 0.1) is 6.92 Å². The maximum absolute atomic E-state index is 10.6. The van der Waals surface area contributed by atoms with Gasteiger partial charge in [-0.1, -0.05) is 12.1 Å². The number of aliphatic carboxylic acids is 1. The standard InChI is InChI=1S/C12H11NO3/c1-7-4-8-2-3-9(11(14)12(15)16)5-10(8)6-13-7/h2-6,11,14H,1H3,(H,15,16). The van der Waals surface area contributed by atoms with E-state index in [1.807, 2.05) is 13.0 Å². The van der Waals surface area contributed by atoms with Crippen LogP contribution in [0.15, 0.2) is 30.5 Å². The molecule has 0 saturated heterocycles. The number of aromatic nitrogens is 1. The molecular weight excluding hydrogens is 206 g/mol. The van der Waals surface area contributed by atoms with Gasteiger partial charge in [0.2, 0.25) is 0 Å². The number of aliphatic hydroxyl groups is 1. The zero-order valence-corrected chi connectivity index (χ0v) is 8.71. The van der Waals surface area contributed by atoms with Gasteiger partial charge in [-0.2, -0.15) is 0 Å². The molecule has 1 atom stereocenters. The summed E-state index contributed by atoms with van der Waals surface area (Å²) in [7, 11) is 0. The Kier molecular flexibility index (Phi) is 2.58. The van der Waals surface area contributed by atoms with Crippen molar-refractivity contribution in [2.75, 3.05) is 0 Å². The Morgan fingerprint density at radius 3 is 2.75 bits per heavy atom. The summed E-state index contributed by atoms with van der Waals surface area (Å²) < 4.78 is 0.